The fourth-order valence-corrected chi connectivity index (χ4v) is 3.19. The lowest BCUT2D eigenvalue weighted by Gasteiger charge is -2.40. The minimum Gasteiger partial charge on any atom is -0.486 e. The molecule has 1 N–H and O–H groups in total. The van der Waals surface area contributed by atoms with Crippen molar-refractivity contribution in [1.29, 1.82) is 0 Å². The number of benzene rings is 2. The SMILES string of the molecule is CS(=O)(=O)NC(=O)c1cc(Cl)c(F)cc1OC1CN(c2ccc(F)cc2)C1. The molecule has 0 bridgehead atoms. The number of amides is 1. The topological polar surface area (TPSA) is 75.7 Å². The van der Waals surface area contributed by atoms with Gasteiger partial charge in [-0.3, -0.25) is 4.79 Å². The van der Waals surface area contributed by atoms with Gasteiger partial charge in [0, 0.05) is 11.8 Å². The lowest BCUT2D eigenvalue weighted by atomic mass is 10.1. The molecule has 1 fully saturated rings. The molecule has 0 unspecified atom stereocenters. The highest BCUT2D eigenvalue weighted by Gasteiger charge is 2.30. The van der Waals surface area contributed by atoms with E-state index in [1.807, 2.05) is 4.90 Å². The van der Waals surface area contributed by atoms with E-state index >= 15 is 0 Å². The van der Waals surface area contributed by atoms with E-state index in [9.17, 15) is 22.0 Å². The highest BCUT2D eigenvalue weighted by Crippen LogP contribution is 2.30. The largest absolute Gasteiger partial charge is 0.486 e. The van der Waals surface area contributed by atoms with Crippen molar-refractivity contribution in [3.63, 3.8) is 0 Å². The number of anilines is 1. The van der Waals surface area contributed by atoms with Crippen LogP contribution in [-0.2, 0) is 10.0 Å². The summed E-state index contributed by atoms with van der Waals surface area (Å²) in [7, 11) is -3.81. The number of hydrogen-bond acceptors (Lipinski definition) is 5. The van der Waals surface area contributed by atoms with Crippen LogP contribution in [0.15, 0.2) is 36.4 Å². The quantitative estimate of drug-likeness (QED) is 0.810. The van der Waals surface area contributed by atoms with Gasteiger partial charge in [0.1, 0.15) is 23.5 Å². The van der Waals surface area contributed by atoms with E-state index in [1.54, 1.807) is 16.9 Å². The lowest BCUT2D eigenvalue weighted by Crippen LogP contribution is -2.54. The number of rotatable bonds is 5. The summed E-state index contributed by atoms with van der Waals surface area (Å²) in [5.74, 6) is -2.21. The molecule has 27 heavy (non-hydrogen) atoms. The van der Waals surface area contributed by atoms with Gasteiger partial charge in [-0.25, -0.2) is 21.9 Å². The third-order valence-electron chi connectivity index (χ3n) is 3.88. The molecule has 6 nitrogen and oxygen atoms in total. The molecule has 0 saturated carbocycles. The van der Waals surface area contributed by atoms with E-state index in [4.69, 9.17) is 16.3 Å². The van der Waals surface area contributed by atoms with Crippen LogP contribution in [-0.4, -0.2) is 39.8 Å². The van der Waals surface area contributed by atoms with Crippen LogP contribution >= 0.6 is 11.6 Å². The molecule has 0 aliphatic carbocycles. The maximum atomic E-state index is 13.8. The number of carbonyl (C=O) groups excluding carboxylic acids is 1. The summed E-state index contributed by atoms with van der Waals surface area (Å²) in [6.07, 6.45) is 0.462. The Morgan fingerprint density at radius 1 is 1.22 bits per heavy atom. The van der Waals surface area contributed by atoms with E-state index in [-0.39, 0.29) is 28.3 Å². The van der Waals surface area contributed by atoms with Gasteiger partial charge in [0.15, 0.2) is 0 Å². The van der Waals surface area contributed by atoms with E-state index in [1.165, 1.54) is 12.1 Å². The average Bonchev–Trinajstić information content (AvgIpc) is 2.53. The number of ether oxygens (including phenoxy) is 1. The summed E-state index contributed by atoms with van der Waals surface area (Å²) >= 11 is 5.70. The number of carbonyl (C=O) groups is 1. The highest BCUT2D eigenvalue weighted by molar-refractivity contribution is 7.89. The molecule has 0 radical (unpaired) electrons. The van der Waals surface area contributed by atoms with Crippen molar-refractivity contribution < 1.29 is 26.7 Å². The molecule has 0 aromatic heterocycles. The Bertz CT molecular complexity index is 977. The standard InChI is InChI=1S/C17H15ClF2N2O4S/c1-27(24,25)21-17(23)13-6-14(18)15(20)7-16(13)26-12-8-22(9-12)11-4-2-10(19)3-5-11/h2-7,12H,8-9H2,1H3,(H,21,23). The van der Waals surface area contributed by atoms with Crippen LogP contribution in [0.1, 0.15) is 10.4 Å². The van der Waals surface area contributed by atoms with Gasteiger partial charge < -0.3 is 9.64 Å². The smallest absolute Gasteiger partial charge is 0.268 e. The first-order valence-electron chi connectivity index (χ1n) is 7.81. The van der Waals surface area contributed by atoms with Crippen molar-refractivity contribution in [1.82, 2.24) is 4.72 Å². The van der Waals surface area contributed by atoms with Gasteiger partial charge >= 0.3 is 0 Å². The van der Waals surface area contributed by atoms with E-state index < -0.39 is 21.7 Å². The molecule has 0 spiro atoms. The molecule has 144 valence electrons. The van der Waals surface area contributed by atoms with Crippen molar-refractivity contribution >= 4 is 33.2 Å². The zero-order valence-corrected chi connectivity index (χ0v) is 15.7. The lowest BCUT2D eigenvalue weighted by molar-refractivity contribution is 0.0971. The number of nitrogens with zero attached hydrogens (tertiary/aromatic N) is 1. The van der Waals surface area contributed by atoms with Gasteiger partial charge in [-0.2, -0.15) is 0 Å². The van der Waals surface area contributed by atoms with Crippen molar-refractivity contribution in [2.24, 2.45) is 0 Å². The summed E-state index contributed by atoms with van der Waals surface area (Å²) in [6.45, 7) is 0.867. The number of halogens is 3. The molecule has 1 aliphatic heterocycles. The molecule has 0 atom stereocenters. The monoisotopic (exact) mass is 416 g/mol. The molecular formula is C17H15ClF2N2O4S. The van der Waals surface area contributed by atoms with Crippen molar-refractivity contribution in [3.05, 3.63) is 58.6 Å². The summed E-state index contributed by atoms with van der Waals surface area (Å²) in [5.41, 5.74) is 0.612. The van der Waals surface area contributed by atoms with E-state index in [2.05, 4.69) is 0 Å². The molecule has 1 heterocycles. The van der Waals surface area contributed by atoms with Crippen LogP contribution in [0.25, 0.3) is 0 Å². The first kappa shape index (κ1) is 19.4. The second kappa shape index (κ2) is 7.32. The molecule has 1 saturated heterocycles. The summed E-state index contributed by atoms with van der Waals surface area (Å²) in [6, 6.07) is 7.89. The predicted molar refractivity (Wildman–Crippen MR) is 96.7 cm³/mol. The van der Waals surface area contributed by atoms with Crippen molar-refractivity contribution in [2.45, 2.75) is 6.10 Å². The van der Waals surface area contributed by atoms with Gasteiger partial charge in [0.25, 0.3) is 5.91 Å². The van der Waals surface area contributed by atoms with Gasteiger partial charge in [-0.05, 0) is 30.3 Å². The van der Waals surface area contributed by atoms with E-state index in [0.29, 0.717) is 13.1 Å². The Kier molecular flexibility index (Phi) is 5.25. The number of nitrogens with one attached hydrogen (secondary N) is 1. The Labute approximate surface area is 159 Å². The normalized spacial score (nSPS) is 14.6. The molecule has 2 aromatic carbocycles. The van der Waals surface area contributed by atoms with Crippen LogP contribution in [0.2, 0.25) is 5.02 Å². The zero-order valence-electron chi connectivity index (χ0n) is 14.1. The van der Waals surface area contributed by atoms with E-state index in [0.717, 1.165) is 24.1 Å². The van der Waals surface area contributed by atoms with Gasteiger partial charge in [-0.1, -0.05) is 11.6 Å². The van der Waals surface area contributed by atoms with Gasteiger partial charge in [-0.15, -0.1) is 0 Å². The molecule has 10 heteroatoms. The fourth-order valence-electron chi connectivity index (χ4n) is 2.58. The van der Waals surface area contributed by atoms with Gasteiger partial charge in [0.2, 0.25) is 10.0 Å². The van der Waals surface area contributed by atoms with Crippen LogP contribution in [0, 0.1) is 11.6 Å². The molecule has 1 amide bonds. The maximum Gasteiger partial charge on any atom is 0.268 e. The Hall–Kier alpha value is -2.39. The number of sulfonamides is 1. The van der Waals surface area contributed by atoms with Crippen LogP contribution in [0.3, 0.4) is 0 Å². The maximum absolute atomic E-state index is 13.8. The second-order valence-corrected chi connectivity index (χ2v) is 8.24. The van der Waals surface area contributed by atoms with Crippen LogP contribution in [0.5, 0.6) is 5.75 Å². The molecular weight excluding hydrogens is 402 g/mol. The fraction of sp³-hybridized carbons (Fsp3) is 0.235. The van der Waals surface area contributed by atoms with Crippen LogP contribution in [0.4, 0.5) is 14.5 Å². The summed E-state index contributed by atoms with van der Waals surface area (Å²) in [4.78, 5) is 14.1. The third kappa shape index (κ3) is 4.67. The summed E-state index contributed by atoms with van der Waals surface area (Å²) < 4.78 is 56.8. The third-order valence-corrected chi connectivity index (χ3v) is 4.72. The summed E-state index contributed by atoms with van der Waals surface area (Å²) in [5, 5.41) is -0.331. The highest BCUT2D eigenvalue weighted by atomic mass is 35.5. The van der Waals surface area contributed by atoms with Crippen molar-refractivity contribution in [2.75, 3.05) is 24.2 Å². The molecule has 2 aromatic rings. The second-order valence-electron chi connectivity index (χ2n) is 6.09. The average molecular weight is 417 g/mol. The Balaban J connectivity index is 1.74. The van der Waals surface area contributed by atoms with Crippen molar-refractivity contribution in [3.8, 4) is 5.75 Å². The predicted octanol–water partition coefficient (Wildman–Crippen LogP) is 2.58. The minimum atomic E-state index is -3.81. The number of hydrogen-bond donors (Lipinski definition) is 1. The zero-order chi connectivity index (χ0) is 19.8. The molecule has 1 aliphatic rings. The minimum absolute atomic E-state index is 0.109. The Morgan fingerprint density at radius 3 is 2.44 bits per heavy atom. The first-order chi connectivity index (χ1) is 12.6. The van der Waals surface area contributed by atoms with Gasteiger partial charge in [0.05, 0.1) is 29.9 Å². The van der Waals surface area contributed by atoms with Crippen LogP contribution < -0.4 is 14.4 Å². The molecule has 3 rings (SSSR count). The first-order valence-corrected chi connectivity index (χ1v) is 10.1. The Morgan fingerprint density at radius 2 is 1.85 bits per heavy atom.